The summed E-state index contributed by atoms with van der Waals surface area (Å²) in [5.41, 5.74) is 7.71. The predicted molar refractivity (Wildman–Crippen MR) is 118 cm³/mol. The summed E-state index contributed by atoms with van der Waals surface area (Å²) in [7, 11) is -0.162. The van der Waals surface area contributed by atoms with Crippen molar-refractivity contribution in [2.75, 3.05) is 0 Å². The Kier molecular flexibility index (Phi) is 11.1. The smallest absolute Gasteiger partial charge is 0.147 e. The first-order chi connectivity index (χ1) is 9.63. The minimum atomic E-state index is -1.86. The molecule has 138 valence electrons. The third-order valence-electron chi connectivity index (χ3n) is 5.30. The Balaban J connectivity index is 0. The van der Waals surface area contributed by atoms with E-state index >= 15 is 0 Å². The van der Waals surface area contributed by atoms with Crippen LogP contribution < -0.4 is 5.19 Å². The molecule has 1 aliphatic rings. The molecule has 0 saturated carbocycles. The predicted octanol–water partition coefficient (Wildman–Crippen LogP) is 5.79. The van der Waals surface area contributed by atoms with Gasteiger partial charge in [0.15, 0.2) is 0 Å². The Morgan fingerprint density at radius 3 is 1.62 bits per heavy atom. The normalized spacial score (nSPS) is 17.8. The first kappa shape index (κ1) is 26.7. The molecular formula is C19H33Cl3SiTi. The summed E-state index contributed by atoms with van der Waals surface area (Å²) in [6.45, 7) is 14.0. The van der Waals surface area contributed by atoms with Gasteiger partial charge in [0.05, 0.1) is 0 Å². The molecule has 1 aliphatic carbocycles. The van der Waals surface area contributed by atoms with E-state index in [2.05, 4.69) is 70.2 Å². The molecule has 5 heteroatoms. The zero-order valence-electron chi connectivity index (χ0n) is 16.2. The summed E-state index contributed by atoms with van der Waals surface area (Å²) < 4.78 is 1.89. The molecule has 0 aliphatic heterocycles. The van der Waals surface area contributed by atoms with Gasteiger partial charge in [0, 0.05) is 0 Å². The van der Waals surface area contributed by atoms with Crippen LogP contribution in [0.2, 0.25) is 10.5 Å². The zero-order valence-corrected chi connectivity index (χ0v) is 21.7. The Morgan fingerprint density at radius 2 is 1.25 bits per heavy atom. The van der Waals surface area contributed by atoms with Crippen molar-refractivity contribution in [2.45, 2.75) is 52.0 Å². The molecule has 2 rings (SSSR count). The second kappa shape index (κ2) is 10.00. The molecule has 0 radical (unpaired) electrons. The number of aryl methyl sites for hydroxylation is 2. The molecule has 0 saturated heterocycles. The van der Waals surface area contributed by atoms with Crippen molar-refractivity contribution in [3.8, 4) is 0 Å². The van der Waals surface area contributed by atoms with Crippen molar-refractivity contribution in [3.05, 3.63) is 49.9 Å². The quantitative estimate of drug-likeness (QED) is 0.519. The van der Waals surface area contributed by atoms with Gasteiger partial charge in [-0.05, 0) is 0 Å². The van der Waals surface area contributed by atoms with Crippen LogP contribution in [-0.2, 0) is 15.8 Å². The molecule has 0 spiro atoms. The van der Waals surface area contributed by atoms with Gasteiger partial charge in [0.1, 0.15) is 0 Å². The van der Waals surface area contributed by atoms with Crippen LogP contribution in [0, 0.1) is 19.8 Å². The van der Waals surface area contributed by atoms with E-state index in [0.717, 1.165) is 0 Å². The fourth-order valence-electron chi connectivity index (χ4n) is 4.23. The summed E-state index contributed by atoms with van der Waals surface area (Å²) in [5, 5.41) is 7.00. The molecule has 0 amide bonds. The van der Waals surface area contributed by atoms with Gasteiger partial charge < -0.3 is 0 Å². The van der Waals surface area contributed by atoms with E-state index in [0.29, 0.717) is 5.92 Å². The summed E-state index contributed by atoms with van der Waals surface area (Å²) >= 11 is -1.86. The zero-order chi connectivity index (χ0) is 15.9. The second-order valence-electron chi connectivity index (χ2n) is 7.62. The molecule has 1 aromatic rings. The Hall–Kier alpha value is 0.501. The van der Waals surface area contributed by atoms with Crippen LogP contribution in [0.5, 0.6) is 0 Å². The Labute approximate surface area is 172 Å². The van der Waals surface area contributed by atoms with E-state index in [9.17, 15) is 0 Å². The maximum absolute atomic E-state index is 2.66. The number of hydrogen-bond acceptors (Lipinski definition) is 0. The SMILES string of the molecule is CC1=C(C)C(C)[C]([Ti]([CH3])([CH3])[SiH2]c2cc(C)cc(C)c2)=C1C.Cl.Cl.Cl. The molecule has 1 aromatic carbocycles. The molecule has 0 aromatic heterocycles. The monoisotopic (exact) mass is 442 g/mol. The van der Waals surface area contributed by atoms with E-state index in [1.807, 2.05) is 3.88 Å². The number of hydrogen-bond donors (Lipinski definition) is 0. The van der Waals surface area contributed by atoms with Crippen LogP contribution in [-0.4, -0.2) is 7.39 Å². The maximum atomic E-state index is 2.66. The molecular weight excluding hydrogens is 411 g/mol. The summed E-state index contributed by atoms with van der Waals surface area (Å²) in [5.74, 6) is 0.707. The van der Waals surface area contributed by atoms with Gasteiger partial charge in [-0.3, -0.25) is 0 Å². The average Bonchev–Trinajstić information content (AvgIpc) is 2.52. The van der Waals surface area contributed by atoms with E-state index in [4.69, 9.17) is 0 Å². The number of halogens is 3. The van der Waals surface area contributed by atoms with Crippen LogP contribution in [0.4, 0.5) is 0 Å². The van der Waals surface area contributed by atoms with E-state index < -0.39 is 15.8 Å². The molecule has 0 bridgehead atoms. The molecule has 0 N–H and O–H groups in total. The first-order valence-electron chi connectivity index (χ1n) is 8.09. The number of allylic oxidation sites excluding steroid dienone is 4. The standard InChI is InChI=1S/C9H13.C8H11Si.2CH3.3ClH.Ti/c1-6-5-7(2)9(4)8(6)3;1-6-3-7(2)5-8(9)4-6;;;;;;/h6H,1-4H3;3-5H,9H2,1-2H3;2*1H3;3*1H;. The van der Waals surface area contributed by atoms with Crippen LogP contribution in [0.25, 0.3) is 0 Å². The molecule has 0 nitrogen and oxygen atoms in total. The fraction of sp³-hybridized carbons (Fsp3) is 0.474. The van der Waals surface area contributed by atoms with Crippen molar-refractivity contribution in [1.82, 2.24) is 0 Å². The van der Waals surface area contributed by atoms with Crippen LogP contribution in [0.3, 0.4) is 0 Å². The largest absolute Gasteiger partial charge is 0.147 e. The third-order valence-corrected chi connectivity index (χ3v) is 18.2. The molecule has 0 heterocycles. The van der Waals surface area contributed by atoms with E-state index in [1.165, 1.54) is 11.1 Å². The van der Waals surface area contributed by atoms with Gasteiger partial charge in [-0.2, -0.15) is 0 Å². The van der Waals surface area contributed by atoms with Crippen molar-refractivity contribution in [3.63, 3.8) is 0 Å². The molecule has 1 atom stereocenters. The summed E-state index contributed by atoms with van der Waals surface area (Å²) in [4.78, 5) is 0. The molecule has 24 heavy (non-hydrogen) atoms. The number of benzene rings is 1. The van der Waals surface area contributed by atoms with Gasteiger partial charge in [0.2, 0.25) is 0 Å². The second-order valence-corrected chi connectivity index (χ2v) is 24.5. The van der Waals surface area contributed by atoms with Crippen LogP contribution in [0.15, 0.2) is 38.8 Å². The maximum Gasteiger partial charge on any atom is -0.147 e. The molecule has 0 fully saturated rings. The average molecular weight is 444 g/mol. The van der Waals surface area contributed by atoms with Gasteiger partial charge >= 0.3 is 136 Å². The Morgan fingerprint density at radius 1 is 0.792 bits per heavy atom. The Bertz CT molecular complexity index is 628. The van der Waals surface area contributed by atoms with Crippen molar-refractivity contribution >= 4 is 49.8 Å². The van der Waals surface area contributed by atoms with Gasteiger partial charge in [-0.1, -0.05) is 0 Å². The van der Waals surface area contributed by atoms with Crippen molar-refractivity contribution < 1.29 is 15.8 Å². The van der Waals surface area contributed by atoms with Crippen molar-refractivity contribution in [1.29, 1.82) is 0 Å². The van der Waals surface area contributed by atoms with Crippen molar-refractivity contribution in [2.24, 2.45) is 5.92 Å². The third kappa shape index (κ3) is 5.50. The molecule has 1 unspecified atom stereocenters. The fourth-order valence-corrected chi connectivity index (χ4v) is 19.3. The van der Waals surface area contributed by atoms with Gasteiger partial charge in [-0.15, -0.1) is 37.2 Å². The summed E-state index contributed by atoms with van der Waals surface area (Å²) in [6.07, 6.45) is 0. The van der Waals surface area contributed by atoms with Gasteiger partial charge in [0.25, 0.3) is 0 Å². The van der Waals surface area contributed by atoms with E-state index in [-0.39, 0.29) is 44.6 Å². The van der Waals surface area contributed by atoms with E-state index in [1.54, 1.807) is 21.9 Å². The summed E-state index contributed by atoms with van der Waals surface area (Å²) in [6, 6.07) is 7.21. The topological polar surface area (TPSA) is 0 Å². The minimum absolute atomic E-state index is 0. The first-order valence-corrected chi connectivity index (χ1v) is 16.7. The van der Waals surface area contributed by atoms with Crippen LogP contribution >= 0.6 is 37.2 Å². The van der Waals surface area contributed by atoms with Crippen LogP contribution in [0.1, 0.15) is 38.8 Å². The number of rotatable bonds is 3. The van der Waals surface area contributed by atoms with Gasteiger partial charge in [-0.25, -0.2) is 0 Å². The minimum Gasteiger partial charge on any atom is -0.147 e.